The Bertz CT molecular complexity index is 1030. The molecule has 0 radical (unpaired) electrons. The van der Waals surface area contributed by atoms with E-state index in [1.807, 2.05) is 18.2 Å². The fraction of sp³-hybridized carbons (Fsp3) is 0.318. The first-order valence-electron chi connectivity index (χ1n) is 9.67. The summed E-state index contributed by atoms with van der Waals surface area (Å²) in [5, 5.41) is 0.634. The molecule has 3 heterocycles. The molecule has 5 rings (SSSR count). The van der Waals surface area contributed by atoms with Crippen LogP contribution in [-0.4, -0.2) is 41.1 Å². The van der Waals surface area contributed by atoms with Gasteiger partial charge in [0.05, 0.1) is 33.6 Å². The smallest absolute Gasteiger partial charge is 0.239 e. The molecule has 3 aliphatic rings. The van der Waals surface area contributed by atoms with Crippen LogP contribution in [0.2, 0.25) is 10.0 Å². The van der Waals surface area contributed by atoms with Gasteiger partial charge in [-0.2, -0.15) is 0 Å². The molecule has 148 valence electrons. The summed E-state index contributed by atoms with van der Waals surface area (Å²) in [4.78, 5) is 43.4. The maximum atomic E-state index is 13.4. The molecule has 0 unspecified atom stereocenters. The van der Waals surface area contributed by atoms with Gasteiger partial charge in [-0.05, 0) is 37.6 Å². The highest BCUT2D eigenvalue weighted by Crippen LogP contribution is 2.48. The minimum Gasteiger partial charge on any atom is -0.292 e. The lowest BCUT2D eigenvalue weighted by Gasteiger charge is -2.27. The Kier molecular flexibility index (Phi) is 4.50. The number of anilines is 1. The number of amides is 2. The lowest BCUT2D eigenvalue weighted by Crippen LogP contribution is -2.46. The highest BCUT2D eigenvalue weighted by molar-refractivity contribution is 6.42. The average molecular weight is 429 g/mol. The minimum absolute atomic E-state index is 0.0816. The van der Waals surface area contributed by atoms with Crippen molar-refractivity contribution >= 4 is 46.5 Å². The average Bonchev–Trinajstić information content (AvgIpc) is 3.37. The third-order valence-corrected chi connectivity index (χ3v) is 7.08. The molecule has 5 nitrogen and oxygen atoms in total. The van der Waals surface area contributed by atoms with Crippen molar-refractivity contribution in [3.05, 3.63) is 64.1 Å². The first-order chi connectivity index (χ1) is 14.0. The summed E-state index contributed by atoms with van der Waals surface area (Å²) in [7, 11) is 0. The molecule has 29 heavy (non-hydrogen) atoms. The Hall–Kier alpha value is -2.21. The van der Waals surface area contributed by atoms with E-state index in [0.29, 0.717) is 16.3 Å². The minimum atomic E-state index is -0.671. The van der Waals surface area contributed by atoms with Gasteiger partial charge >= 0.3 is 0 Å². The zero-order chi connectivity index (χ0) is 20.3. The predicted molar refractivity (Wildman–Crippen MR) is 110 cm³/mol. The third kappa shape index (κ3) is 2.75. The molecule has 0 bridgehead atoms. The number of hydrogen-bond acceptors (Lipinski definition) is 4. The number of fused-ring (bicyclic) bond motifs is 3. The van der Waals surface area contributed by atoms with Gasteiger partial charge in [0.1, 0.15) is 0 Å². The van der Waals surface area contributed by atoms with E-state index in [4.69, 9.17) is 23.2 Å². The van der Waals surface area contributed by atoms with Crippen molar-refractivity contribution in [2.45, 2.75) is 24.9 Å². The number of hydrogen-bond donors (Lipinski definition) is 0. The summed E-state index contributed by atoms with van der Waals surface area (Å²) < 4.78 is 0. The van der Waals surface area contributed by atoms with E-state index < -0.39 is 17.9 Å². The number of carbonyl (C=O) groups excluding carboxylic acids is 3. The maximum Gasteiger partial charge on any atom is 0.239 e. The second kappa shape index (κ2) is 6.94. The lowest BCUT2D eigenvalue weighted by molar-refractivity contribution is -0.123. The van der Waals surface area contributed by atoms with E-state index >= 15 is 0 Å². The summed E-state index contributed by atoms with van der Waals surface area (Å²) >= 11 is 12.1. The molecule has 7 heteroatoms. The van der Waals surface area contributed by atoms with Crippen LogP contribution in [0.5, 0.6) is 0 Å². The van der Waals surface area contributed by atoms with Crippen LogP contribution in [-0.2, 0) is 9.59 Å². The molecule has 2 aromatic carbocycles. The second-order valence-electron chi connectivity index (χ2n) is 7.78. The number of halogens is 2. The zero-order valence-corrected chi connectivity index (χ0v) is 16.9. The van der Waals surface area contributed by atoms with E-state index in [1.165, 1.54) is 11.0 Å². The van der Waals surface area contributed by atoms with Crippen LogP contribution in [0.3, 0.4) is 0 Å². The maximum absolute atomic E-state index is 13.4. The highest BCUT2D eigenvalue weighted by Gasteiger charge is 2.64. The molecule has 0 aromatic heterocycles. The summed E-state index contributed by atoms with van der Waals surface area (Å²) in [5.41, 5.74) is 0.969. The Labute approximate surface area is 178 Å². The van der Waals surface area contributed by atoms with E-state index in [0.717, 1.165) is 19.4 Å². The van der Waals surface area contributed by atoms with E-state index in [1.54, 1.807) is 24.3 Å². The van der Waals surface area contributed by atoms with Crippen LogP contribution in [0.1, 0.15) is 23.2 Å². The van der Waals surface area contributed by atoms with Crippen molar-refractivity contribution in [2.75, 3.05) is 11.4 Å². The molecular formula is C22H18Cl2N2O3. The Morgan fingerprint density at radius 2 is 1.66 bits per heavy atom. The van der Waals surface area contributed by atoms with Crippen molar-refractivity contribution < 1.29 is 14.4 Å². The topological polar surface area (TPSA) is 57.7 Å². The molecule has 0 N–H and O–H groups in total. The van der Waals surface area contributed by atoms with Crippen LogP contribution in [0, 0.1) is 11.8 Å². The zero-order valence-electron chi connectivity index (χ0n) is 15.4. The van der Waals surface area contributed by atoms with Gasteiger partial charge in [0, 0.05) is 11.6 Å². The van der Waals surface area contributed by atoms with Crippen molar-refractivity contribution in [1.29, 1.82) is 0 Å². The van der Waals surface area contributed by atoms with E-state index in [2.05, 4.69) is 4.90 Å². The summed E-state index contributed by atoms with van der Waals surface area (Å²) in [6.45, 7) is 0.730. The van der Waals surface area contributed by atoms with Crippen LogP contribution in [0.25, 0.3) is 0 Å². The number of imide groups is 1. The second-order valence-corrected chi connectivity index (χ2v) is 8.60. The molecule has 0 spiro atoms. The van der Waals surface area contributed by atoms with Crippen LogP contribution < -0.4 is 4.90 Å². The Balaban J connectivity index is 1.56. The van der Waals surface area contributed by atoms with Gasteiger partial charge in [-0.1, -0.05) is 53.5 Å². The quantitative estimate of drug-likeness (QED) is 0.550. The predicted octanol–water partition coefficient (Wildman–Crippen LogP) is 3.83. The van der Waals surface area contributed by atoms with Crippen LogP contribution in [0.15, 0.2) is 48.5 Å². The summed E-state index contributed by atoms with van der Waals surface area (Å²) in [6, 6.07) is 13.0. The van der Waals surface area contributed by atoms with Crippen LogP contribution >= 0.6 is 23.2 Å². The van der Waals surface area contributed by atoms with Crippen molar-refractivity contribution in [3.8, 4) is 0 Å². The Morgan fingerprint density at radius 3 is 2.38 bits per heavy atom. The molecule has 3 saturated heterocycles. The van der Waals surface area contributed by atoms with Gasteiger partial charge in [0.25, 0.3) is 0 Å². The summed E-state index contributed by atoms with van der Waals surface area (Å²) in [5.74, 6) is -1.85. The monoisotopic (exact) mass is 428 g/mol. The summed E-state index contributed by atoms with van der Waals surface area (Å²) in [6.07, 6.45) is 1.73. The van der Waals surface area contributed by atoms with Crippen LogP contribution in [0.4, 0.5) is 5.69 Å². The van der Waals surface area contributed by atoms with Crippen molar-refractivity contribution in [1.82, 2.24) is 4.90 Å². The standard InChI is InChI=1S/C22H18Cl2N2O3/c23-14-9-8-13(11-15(14)24)26-21(28)17-16-7-4-10-25(16)19(18(17)22(26)29)20(27)12-5-2-1-3-6-12/h1-3,5-6,8-9,11,16-19H,4,7,10H2/t16-,17-,18+,19-/m0/s1. The van der Waals surface area contributed by atoms with Crippen molar-refractivity contribution in [2.24, 2.45) is 11.8 Å². The van der Waals surface area contributed by atoms with Gasteiger partial charge in [0.2, 0.25) is 11.8 Å². The largest absolute Gasteiger partial charge is 0.292 e. The number of benzene rings is 2. The van der Waals surface area contributed by atoms with Gasteiger partial charge in [-0.25, -0.2) is 4.90 Å². The number of ketones is 1. The molecule has 4 atom stereocenters. The molecular weight excluding hydrogens is 411 g/mol. The van der Waals surface area contributed by atoms with Gasteiger partial charge in [-0.15, -0.1) is 0 Å². The molecule has 3 fully saturated rings. The molecule has 2 aromatic rings. The number of rotatable bonds is 3. The molecule has 3 aliphatic heterocycles. The van der Waals surface area contributed by atoms with E-state index in [-0.39, 0.29) is 28.7 Å². The molecule has 0 saturated carbocycles. The normalized spacial score (nSPS) is 28.7. The van der Waals surface area contributed by atoms with Gasteiger partial charge in [0.15, 0.2) is 5.78 Å². The fourth-order valence-corrected chi connectivity index (χ4v) is 5.46. The lowest BCUT2D eigenvalue weighted by atomic mass is 9.85. The molecule has 2 amide bonds. The highest BCUT2D eigenvalue weighted by atomic mass is 35.5. The van der Waals surface area contributed by atoms with Gasteiger partial charge in [-0.3, -0.25) is 19.3 Å². The Morgan fingerprint density at radius 1 is 0.931 bits per heavy atom. The van der Waals surface area contributed by atoms with Gasteiger partial charge < -0.3 is 0 Å². The van der Waals surface area contributed by atoms with Crippen molar-refractivity contribution in [3.63, 3.8) is 0 Å². The number of Topliss-reactive ketones (excluding diaryl/α,β-unsaturated/α-hetero) is 1. The van der Waals surface area contributed by atoms with E-state index in [9.17, 15) is 14.4 Å². The number of carbonyl (C=O) groups is 3. The first-order valence-corrected chi connectivity index (χ1v) is 10.4. The third-order valence-electron chi connectivity index (χ3n) is 6.34. The number of nitrogens with zero attached hydrogens (tertiary/aromatic N) is 2. The fourth-order valence-electron chi connectivity index (χ4n) is 5.17. The first kappa shape index (κ1) is 18.8. The molecule has 0 aliphatic carbocycles. The SMILES string of the molecule is O=C(c1ccccc1)[C@@H]1[C@@H]2C(=O)N(c3ccc(Cl)c(Cl)c3)C(=O)[C@H]2[C@@H]2CCCN12.